The van der Waals surface area contributed by atoms with Crippen LogP contribution in [0.15, 0.2) is 30.3 Å². The molecule has 0 aromatic heterocycles. The molecular formula is C14H18F3NS. The fourth-order valence-electron chi connectivity index (χ4n) is 2.29. The SMILES string of the molecule is FC(F)(F)C(NCC1CCCCS1)c1ccccc1. The zero-order valence-electron chi connectivity index (χ0n) is 10.6. The van der Waals surface area contributed by atoms with Gasteiger partial charge in [0, 0.05) is 11.8 Å². The lowest BCUT2D eigenvalue weighted by Crippen LogP contribution is -2.38. The Morgan fingerprint density at radius 3 is 2.53 bits per heavy atom. The third kappa shape index (κ3) is 4.42. The van der Waals surface area contributed by atoms with E-state index in [-0.39, 0.29) is 5.56 Å². The molecule has 0 amide bonds. The van der Waals surface area contributed by atoms with Crippen molar-refractivity contribution < 1.29 is 13.2 Å². The van der Waals surface area contributed by atoms with Crippen LogP contribution in [0.1, 0.15) is 30.9 Å². The monoisotopic (exact) mass is 289 g/mol. The molecule has 2 rings (SSSR count). The van der Waals surface area contributed by atoms with E-state index in [1.807, 2.05) is 0 Å². The maximum atomic E-state index is 13.1. The van der Waals surface area contributed by atoms with Gasteiger partial charge in [-0.25, -0.2) is 0 Å². The van der Waals surface area contributed by atoms with E-state index in [4.69, 9.17) is 0 Å². The summed E-state index contributed by atoms with van der Waals surface area (Å²) in [4.78, 5) is 0. The average molecular weight is 289 g/mol. The van der Waals surface area contributed by atoms with E-state index < -0.39 is 12.2 Å². The highest BCUT2D eigenvalue weighted by atomic mass is 32.2. The molecule has 2 atom stereocenters. The Hall–Kier alpha value is -0.680. The minimum absolute atomic E-state index is 0.288. The smallest absolute Gasteiger partial charge is 0.301 e. The van der Waals surface area contributed by atoms with E-state index in [0.29, 0.717) is 11.8 Å². The van der Waals surface area contributed by atoms with Gasteiger partial charge in [0.2, 0.25) is 0 Å². The molecule has 106 valence electrons. The fraction of sp³-hybridized carbons (Fsp3) is 0.571. The number of hydrogen-bond acceptors (Lipinski definition) is 2. The van der Waals surface area contributed by atoms with Crippen molar-refractivity contribution in [3.8, 4) is 0 Å². The van der Waals surface area contributed by atoms with Gasteiger partial charge in [-0.05, 0) is 24.2 Å². The lowest BCUT2D eigenvalue weighted by atomic mass is 10.1. The van der Waals surface area contributed by atoms with Gasteiger partial charge in [-0.3, -0.25) is 0 Å². The average Bonchev–Trinajstić information content (AvgIpc) is 2.40. The van der Waals surface area contributed by atoms with Gasteiger partial charge < -0.3 is 5.32 Å². The van der Waals surface area contributed by atoms with Crippen LogP contribution >= 0.6 is 11.8 Å². The Balaban J connectivity index is 1.99. The first kappa shape index (κ1) is 14.7. The lowest BCUT2D eigenvalue weighted by Gasteiger charge is -2.27. The van der Waals surface area contributed by atoms with Crippen molar-refractivity contribution in [2.24, 2.45) is 0 Å². The quantitative estimate of drug-likeness (QED) is 0.893. The van der Waals surface area contributed by atoms with E-state index in [0.717, 1.165) is 18.6 Å². The highest BCUT2D eigenvalue weighted by molar-refractivity contribution is 7.99. The van der Waals surface area contributed by atoms with Crippen LogP contribution in [-0.4, -0.2) is 23.7 Å². The molecule has 1 aromatic carbocycles. The van der Waals surface area contributed by atoms with Gasteiger partial charge in [-0.15, -0.1) is 0 Å². The standard InChI is InChI=1S/C14H18F3NS/c15-14(16,17)13(11-6-2-1-3-7-11)18-10-12-8-4-5-9-19-12/h1-3,6-7,12-13,18H,4-5,8-10H2. The fourth-order valence-corrected chi connectivity index (χ4v) is 3.54. The molecule has 1 heterocycles. The van der Waals surface area contributed by atoms with Gasteiger partial charge in [-0.2, -0.15) is 24.9 Å². The molecule has 1 nitrogen and oxygen atoms in total. The zero-order chi connectivity index (χ0) is 13.7. The van der Waals surface area contributed by atoms with E-state index in [9.17, 15) is 13.2 Å². The van der Waals surface area contributed by atoms with Crippen LogP contribution in [0.5, 0.6) is 0 Å². The van der Waals surface area contributed by atoms with Gasteiger partial charge in [0.15, 0.2) is 0 Å². The Morgan fingerprint density at radius 1 is 1.21 bits per heavy atom. The van der Waals surface area contributed by atoms with E-state index in [1.165, 1.54) is 18.6 Å². The minimum Gasteiger partial charge on any atom is -0.301 e. The Morgan fingerprint density at radius 2 is 1.95 bits per heavy atom. The van der Waals surface area contributed by atoms with Gasteiger partial charge in [0.25, 0.3) is 0 Å². The molecule has 1 fully saturated rings. The normalized spacial score (nSPS) is 22.2. The largest absolute Gasteiger partial charge is 0.407 e. The number of rotatable bonds is 4. The first-order valence-corrected chi connectivity index (χ1v) is 7.59. The van der Waals surface area contributed by atoms with E-state index in [1.54, 1.807) is 30.0 Å². The van der Waals surface area contributed by atoms with E-state index >= 15 is 0 Å². The van der Waals surface area contributed by atoms with E-state index in [2.05, 4.69) is 5.32 Å². The van der Waals surface area contributed by atoms with Crippen molar-refractivity contribution in [1.29, 1.82) is 0 Å². The zero-order valence-corrected chi connectivity index (χ0v) is 11.4. The molecule has 1 aromatic rings. The first-order valence-electron chi connectivity index (χ1n) is 6.54. The maximum absolute atomic E-state index is 13.1. The number of thioether (sulfide) groups is 1. The summed E-state index contributed by atoms with van der Waals surface area (Å²) in [6.45, 7) is 0.420. The minimum atomic E-state index is -4.25. The number of halogens is 3. The number of alkyl halides is 3. The summed E-state index contributed by atoms with van der Waals surface area (Å²) >= 11 is 1.78. The molecular weight excluding hydrogens is 271 g/mol. The number of hydrogen-bond donors (Lipinski definition) is 1. The summed E-state index contributed by atoms with van der Waals surface area (Å²) in [5.41, 5.74) is 0.288. The summed E-state index contributed by atoms with van der Waals surface area (Å²) in [5.74, 6) is 1.06. The van der Waals surface area contributed by atoms with Crippen LogP contribution in [0.2, 0.25) is 0 Å². The van der Waals surface area contributed by atoms with Gasteiger partial charge in [0.05, 0.1) is 0 Å². The summed E-state index contributed by atoms with van der Waals surface area (Å²) in [5, 5.41) is 3.01. The third-order valence-corrected chi connectivity index (χ3v) is 4.68. The third-order valence-electron chi connectivity index (χ3n) is 3.28. The maximum Gasteiger partial charge on any atom is 0.407 e. The van der Waals surface area contributed by atoms with Crippen molar-refractivity contribution >= 4 is 11.8 Å². The Kier molecular flexibility index (Phi) is 5.16. The predicted octanol–water partition coefficient (Wildman–Crippen LogP) is 4.17. The first-order chi connectivity index (χ1) is 9.07. The highest BCUT2D eigenvalue weighted by Crippen LogP contribution is 2.33. The Labute approximate surface area is 116 Å². The molecule has 0 aliphatic carbocycles. The summed E-state index contributed by atoms with van der Waals surface area (Å²) in [6.07, 6.45) is -0.929. The van der Waals surface area contributed by atoms with Crippen molar-refractivity contribution in [3.63, 3.8) is 0 Å². The molecule has 0 saturated carbocycles. The molecule has 0 bridgehead atoms. The lowest BCUT2D eigenvalue weighted by molar-refractivity contribution is -0.157. The number of benzene rings is 1. The van der Waals surface area contributed by atoms with Gasteiger partial charge in [0.1, 0.15) is 6.04 Å². The van der Waals surface area contributed by atoms with Gasteiger partial charge in [-0.1, -0.05) is 36.8 Å². The van der Waals surface area contributed by atoms with Gasteiger partial charge >= 0.3 is 6.18 Å². The molecule has 1 aliphatic heterocycles. The van der Waals surface area contributed by atoms with Crippen molar-refractivity contribution in [1.82, 2.24) is 5.32 Å². The van der Waals surface area contributed by atoms with Crippen molar-refractivity contribution in [3.05, 3.63) is 35.9 Å². The second-order valence-corrected chi connectivity index (χ2v) is 6.19. The topological polar surface area (TPSA) is 12.0 Å². The summed E-state index contributed by atoms with van der Waals surface area (Å²) in [6, 6.07) is 6.51. The highest BCUT2D eigenvalue weighted by Gasteiger charge is 2.40. The second-order valence-electron chi connectivity index (χ2n) is 4.78. The van der Waals surface area contributed by atoms with Crippen molar-refractivity contribution in [2.45, 2.75) is 36.7 Å². The van der Waals surface area contributed by atoms with Crippen LogP contribution < -0.4 is 5.32 Å². The van der Waals surface area contributed by atoms with Crippen LogP contribution in [0.4, 0.5) is 13.2 Å². The summed E-state index contributed by atoms with van der Waals surface area (Å²) in [7, 11) is 0. The Bertz CT molecular complexity index is 374. The molecule has 0 radical (unpaired) electrons. The molecule has 0 spiro atoms. The molecule has 1 saturated heterocycles. The van der Waals surface area contributed by atoms with Crippen molar-refractivity contribution in [2.75, 3.05) is 12.3 Å². The molecule has 2 unspecified atom stereocenters. The number of nitrogens with one attached hydrogen (secondary N) is 1. The molecule has 1 N–H and O–H groups in total. The molecule has 1 aliphatic rings. The molecule has 5 heteroatoms. The van der Waals surface area contributed by atoms with Crippen LogP contribution in [0.25, 0.3) is 0 Å². The second kappa shape index (κ2) is 6.66. The van der Waals surface area contributed by atoms with Crippen LogP contribution in [0.3, 0.4) is 0 Å². The van der Waals surface area contributed by atoms with Crippen LogP contribution in [0, 0.1) is 0 Å². The predicted molar refractivity (Wildman–Crippen MR) is 73.3 cm³/mol. The van der Waals surface area contributed by atoms with Crippen LogP contribution in [-0.2, 0) is 0 Å². The summed E-state index contributed by atoms with van der Waals surface area (Å²) < 4.78 is 39.3. The molecule has 19 heavy (non-hydrogen) atoms.